The summed E-state index contributed by atoms with van der Waals surface area (Å²) in [6.07, 6.45) is 1.90. The van der Waals surface area contributed by atoms with Crippen molar-refractivity contribution in [3.8, 4) is 5.75 Å². The van der Waals surface area contributed by atoms with Crippen LogP contribution in [0.4, 0.5) is 10.5 Å². The average Bonchev–Trinajstić information content (AvgIpc) is 2.79. The highest BCUT2D eigenvalue weighted by molar-refractivity contribution is 9.10. The number of pyridine rings is 1. The van der Waals surface area contributed by atoms with Gasteiger partial charge in [-0.1, -0.05) is 17.7 Å². The van der Waals surface area contributed by atoms with Crippen LogP contribution in [0.1, 0.15) is 5.56 Å². The van der Waals surface area contributed by atoms with E-state index in [4.69, 9.17) is 16.3 Å². The van der Waals surface area contributed by atoms with E-state index in [1.165, 1.54) is 30.5 Å². The number of hydrogen-bond acceptors (Lipinski definition) is 5. The highest BCUT2D eigenvalue weighted by Crippen LogP contribution is 2.29. The standard InChI is InChI=1S/C15H8BrClN2O4/c16-10-5-8(1-3-11(10)20)6-12-14(21)19(15(22)23-12)9-2-4-13(17)18-7-9/h1-7,20H/b12-6-. The van der Waals surface area contributed by atoms with E-state index in [1.54, 1.807) is 12.1 Å². The summed E-state index contributed by atoms with van der Waals surface area (Å²) in [6, 6.07) is 7.60. The molecule has 0 spiro atoms. The molecular weight excluding hydrogens is 388 g/mol. The number of benzene rings is 1. The fraction of sp³-hybridized carbons (Fsp3) is 0. The number of ether oxygens (including phenoxy) is 1. The highest BCUT2D eigenvalue weighted by atomic mass is 79.9. The van der Waals surface area contributed by atoms with Gasteiger partial charge in [0.05, 0.1) is 16.4 Å². The van der Waals surface area contributed by atoms with Crippen molar-refractivity contribution >= 4 is 51.3 Å². The Morgan fingerprint density at radius 1 is 1.26 bits per heavy atom. The van der Waals surface area contributed by atoms with Gasteiger partial charge in [-0.05, 0) is 51.8 Å². The Hall–Kier alpha value is -2.38. The molecule has 0 aliphatic carbocycles. The zero-order valence-electron chi connectivity index (χ0n) is 11.4. The Bertz CT molecular complexity index is 836. The second kappa shape index (κ2) is 6.02. The van der Waals surface area contributed by atoms with Gasteiger partial charge in [0.1, 0.15) is 10.9 Å². The van der Waals surface area contributed by atoms with Gasteiger partial charge in [0.15, 0.2) is 5.76 Å². The zero-order chi connectivity index (χ0) is 16.6. The van der Waals surface area contributed by atoms with Gasteiger partial charge in [0.25, 0.3) is 0 Å². The smallest absolute Gasteiger partial charge is 0.427 e. The first kappa shape index (κ1) is 15.5. The normalized spacial score (nSPS) is 16.1. The van der Waals surface area contributed by atoms with Crippen molar-refractivity contribution < 1.29 is 19.4 Å². The van der Waals surface area contributed by atoms with E-state index in [2.05, 4.69) is 20.9 Å². The molecule has 2 amide bonds. The Labute approximate surface area is 144 Å². The van der Waals surface area contributed by atoms with Crippen LogP contribution in [-0.2, 0) is 9.53 Å². The molecule has 3 rings (SSSR count). The molecule has 2 heterocycles. The predicted octanol–water partition coefficient (Wildman–Crippen LogP) is 3.73. The quantitative estimate of drug-likeness (QED) is 0.619. The first-order valence-electron chi connectivity index (χ1n) is 6.34. The van der Waals surface area contributed by atoms with Crippen molar-refractivity contribution in [3.05, 3.63) is 57.5 Å². The number of imide groups is 1. The maximum atomic E-state index is 12.3. The zero-order valence-corrected chi connectivity index (χ0v) is 13.7. The molecule has 0 unspecified atom stereocenters. The maximum absolute atomic E-state index is 12.3. The van der Waals surface area contributed by atoms with Gasteiger partial charge in [-0.15, -0.1) is 0 Å². The van der Waals surface area contributed by atoms with Crippen molar-refractivity contribution in [2.45, 2.75) is 0 Å². The fourth-order valence-corrected chi connectivity index (χ4v) is 2.46. The number of cyclic esters (lactones) is 1. The van der Waals surface area contributed by atoms with Crippen molar-refractivity contribution in [2.75, 3.05) is 4.90 Å². The molecule has 1 N–H and O–H groups in total. The molecule has 0 saturated carbocycles. The number of rotatable bonds is 2. The molecule has 116 valence electrons. The number of amides is 2. The van der Waals surface area contributed by atoms with Crippen LogP contribution in [0.15, 0.2) is 46.8 Å². The molecule has 1 aliphatic heterocycles. The number of phenols is 1. The van der Waals surface area contributed by atoms with Crippen molar-refractivity contribution in [2.24, 2.45) is 0 Å². The van der Waals surface area contributed by atoms with Crippen LogP contribution in [0, 0.1) is 0 Å². The molecular formula is C15H8BrClN2O4. The second-order valence-electron chi connectivity index (χ2n) is 4.57. The number of aromatic nitrogens is 1. The fourth-order valence-electron chi connectivity index (χ4n) is 1.95. The first-order valence-corrected chi connectivity index (χ1v) is 7.51. The van der Waals surface area contributed by atoms with Gasteiger partial charge in [-0.25, -0.2) is 14.7 Å². The lowest BCUT2D eigenvalue weighted by atomic mass is 10.2. The summed E-state index contributed by atoms with van der Waals surface area (Å²) in [5.74, 6) is -0.665. The third-order valence-electron chi connectivity index (χ3n) is 3.03. The van der Waals surface area contributed by atoms with E-state index >= 15 is 0 Å². The molecule has 0 bridgehead atoms. The van der Waals surface area contributed by atoms with Crippen LogP contribution in [0.5, 0.6) is 5.75 Å². The molecule has 1 saturated heterocycles. The molecule has 1 aliphatic rings. The van der Waals surface area contributed by atoms with Crippen molar-refractivity contribution in [1.82, 2.24) is 4.98 Å². The van der Waals surface area contributed by atoms with Gasteiger partial charge in [-0.3, -0.25) is 4.79 Å². The number of hydrogen-bond donors (Lipinski definition) is 1. The Kier molecular flexibility index (Phi) is 4.06. The van der Waals surface area contributed by atoms with Crippen LogP contribution in [0.3, 0.4) is 0 Å². The van der Waals surface area contributed by atoms with E-state index in [0.29, 0.717) is 10.0 Å². The van der Waals surface area contributed by atoms with Crippen LogP contribution in [-0.4, -0.2) is 22.1 Å². The lowest BCUT2D eigenvalue weighted by Gasteiger charge is -2.08. The predicted molar refractivity (Wildman–Crippen MR) is 87.0 cm³/mol. The summed E-state index contributed by atoms with van der Waals surface area (Å²) in [6.45, 7) is 0. The van der Waals surface area contributed by atoms with E-state index < -0.39 is 12.0 Å². The third kappa shape index (κ3) is 3.06. The largest absolute Gasteiger partial charge is 0.507 e. The average molecular weight is 396 g/mol. The van der Waals surface area contributed by atoms with Gasteiger partial charge >= 0.3 is 12.0 Å². The van der Waals surface area contributed by atoms with E-state index in [1.807, 2.05) is 0 Å². The van der Waals surface area contributed by atoms with Crippen LogP contribution in [0.2, 0.25) is 5.15 Å². The highest BCUT2D eigenvalue weighted by Gasteiger charge is 2.37. The Morgan fingerprint density at radius 3 is 2.70 bits per heavy atom. The van der Waals surface area contributed by atoms with Gasteiger partial charge in [0.2, 0.25) is 0 Å². The van der Waals surface area contributed by atoms with Gasteiger partial charge in [-0.2, -0.15) is 0 Å². The number of phenolic OH excluding ortho intramolecular Hbond substituents is 1. The minimum absolute atomic E-state index is 0.0655. The Balaban J connectivity index is 1.92. The second-order valence-corrected chi connectivity index (χ2v) is 5.81. The number of carbonyl (C=O) groups excluding carboxylic acids is 2. The molecule has 1 aromatic carbocycles. The summed E-state index contributed by atoms with van der Waals surface area (Å²) in [5.41, 5.74) is 0.849. The SMILES string of the molecule is O=C1O/C(=C\c2ccc(O)c(Br)c2)C(=O)N1c1ccc(Cl)nc1. The summed E-state index contributed by atoms with van der Waals surface area (Å²) in [5, 5.41) is 9.71. The maximum Gasteiger partial charge on any atom is 0.427 e. The lowest BCUT2D eigenvalue weighted by molar-refractivity contribution is -0.114. The number of carbonyl (C=O) groups is 2. The number of anilines is 1. The summed E-state index contributed by atoms with van der Waals surface area (Å²) in [4.78, 5) is 29.0. The number of halogens is 2. The third-order valence-corrected chi connectivity index (χ3v) is 3.89. The monoisotopic (exact) mass is 394 g/mol. The summed E-state index contributed by atoms with van der Waals surface area (Å²) in [7, 11) is 0. The summed E-state index contributed by atoms with van der Waals surface area (Å²) < 4.78 is 5.47. The summed E-state index contributed by atoms with van der Waals surface area (Å²) >= 11 is 8.86. The number of nitrogens with zero attached hydrogens (tertiary/aromatic N) is 2. The molecule has 1 aromatic heterocycles. The van der Waals surface area contributed by atoms with Crippen LogP contribution in [0.25, 0.3) is 6.08 Å². The molecule has 0 radical (unpaired) electrons. The molecule has 6 nitrogen and oxygen atoms in total. The van der Waals surface area contributed by atoms with Crippen LogP contribution < -0.4 is 4.90 Å². The van der Waals surface area contributed by atoms with Gasteiger partial charge < -0.3 is 9.84 Å². The van der Waals surface area contributed by atoms with Crippen molar-refractivity contribution in [3.63, 3.8) is 0 Å². The van der Waals surface area contributed by atoms with Crippen LogP contribution >= 0.6 is 27.5 Å². The van der Waals surface area contributed by atoms with E-state index in [9.17, 15) is 14.7 Å². The van der Waals surface area contributed by atoms with Gasteiger partial charge in [0, 0.05) is 0 Å². The molecule has 23 heavy (non-hydrogen) atoms. The minimum atomic E-state index is -0.816. The molecule has 0 atom stereocenters. The topological polar surface area (TPSA) is 79.7 Å². The minimum Gasteiger partial charge on any atom is -0.507 e. The Morgan fingerprint density at radius 2 is 2.04 bits per heavy atom. The number of aromatic hydroxyl groups is 1. The lowest BCUT2D eigenvalue weighted by Crippen LogP contribution is -2.28. The molecule has 8 heteroatoms. The van der Waals surface area contributed by atoms with E-state index in [0.717, 1.165) is 4.90 Å². The first-order chi connectivity index (χ1) is 11.0. The molecule has 1 fully saturated rings. The molecule has 2 aromatic rings. The van der Waals surface area contributed by atoms with Crippen molar-refractivity contribution in [1.29, 1.82) is 0 Å². The van der Waals surface area contributed by atoms with E-state index in [-0.39, 0.29) is 22.3 Å².